The van der Waals surface area contributed by atoms with Crippen LogP contribution in [0.15, 0.2) is 24.3 Å². The first-order valence-corrected chi connectivity index (χ1v) is 5.81. The molecule has 0 aliphatic heterocycles. The van der Waals surface area contributed by atoms with Gasteiger partial charge in [0.1, 0.15) is 5.75 Å². The van der Waals surface area contributed by atoms with Crippen LogP contribution in [-0.4, -0.2) is 5.11 Å². The van der Waals surface area contributed by atoms with E-state index in [2.05, 4.69) is 27.2 Å². The minimum atomic E-state index is 0.349. The second-order valence-electron chi connectivity index (χ2n) is 4.01. The van der Waals surface area contributed by atoms with E-state index in [4.69, 9.17) is 0 Å². The first kappa shape index (κ1) is 12.1. The van der Waals surface area contributed by atoms with Crippen LogP contribution in [-0.2, 0) is 0 Å². The minimum absolute atomic E-state index is 0.349. The zero-order valence-electron chi connectivity index (χ0n) is 9.90. The van der Waals surface area contributed by atoms with E-state index in [-0.39, 0.29) is 0 Å². The molecule has 1 rings (SSSR count). The van der Waals surface area contributed by atoms with Crippen molar-refractivity contribution in [2.75, 3.05) is 0 Å². The number of aromatic hydroxyl groups is 1. The Hall–Kier alpha value is -0.980. The number of hydrogen-bond donors (Lipinski definition) is 1. The maximum atomic E-state index is 9.26. The normalized spacial score (nSPS) is 13.1. The first-order chi connectivity index (χ1) is 7.22. The highest BCUT2D eigenvalue weighted by atomic mass is 16.3. The van der Waals surface area contributed by atoms with Gasteiger partial charge in [0, 0.05) is 0 Å². The molecular weight excluding hydrogens is 184 g/mol. The molecule has 0 aliphatic carbocycles. The van der Waals surface area contributed by atoms with Crippen LogP contribution in [0.2, 0.25) is 0 Å². The van der Waals surface area contributed by atoms with Crippen LogP contribution in [0.1, 0.15) is 45.1 Å². The molecule has 0 bridgehead atoms. The molecule has 1 aromatic rings. The van der Waals surface area contributed by atoms with Crippen molar-refractivity contribution in [3.63, 3.8) is 0 Å². The van der Waals surface area contributed by atoms with Crippen LogP contribution in [0.25, 0.3) is 0 Å². The van der Waals surface area contributed by atoms with Gasteiger partial charge in [0.15, 0.2) is 0 Å². The average molecular weight is 205 g/mol. The summed E-state index contributed by atoms with van der Waals surface area (Å²) in [6.45, 7) is 6.59. The van der Waals surface area contributed by atoms with Gasteiger partial charge in [-0.15, -0.1) is 0 Å². The summed E-state index contributed by atoms with van der Waals surface area (Å²) >= 11 is 0. The summed E-state index contributed by atoms with van der Waals surface area (Å²) in [6, 6.07) is 7.63. The molecule has 0 aromatic heterocycles. The number of rotatable bonds is 5. The van der Waals surface area contributed by atoms with Crippen molar-refractivity contribution in [3.8, 4) is 5.75 Å². The standard InChI is InChI=1S/C14H21O/c1-4-11(5-2)14(6-3)12-7-9-13(15)10-8-12/h4,7-11,14-15H,5-6H2,1-3H3. The van der Waals surface area contributed by atoms with E-state index in [1.54, 1.807) is 12.1 Å². The molecule has 0 saturated carbocycles. The fourth-order valence-corrected chi connectivity index (χ4v) is 2.26. The summed E-state index contributed by atoms with van der Waals surface area (Å²) in [4.78, 5) is 0. The van der Waals surface area contributed by atoms with E-state index >= 15 is 0 Å². The van der Waals surface area contributed by atoms with Gasteiger partial charge >= 0.3 is 0 Å². The lowest BCUT2D eigenvalue weighted by molar-refractivity contribution is 0.449. The molecule has 1 aromatic carbocycles. The molecule has 15 heavy (non-hydrogen) atoms. The molecular formula is C14H21O. The summed E-state index contributed by atoms with van der Waals surface area (Å²) in [7, 11) is 0. The average Bonchev–Trinajstić information content (AvgIpc) is 2.27. The second-order valence-corrected chi connectivity index (χ2v) is 4.01. The van der Waals surface area contributed by atoms with Crippen LogP contribution in [0, 0.1) is 12.3 Å². The minimum Gasteiger partial charge on any atom is -0.508 e. The van der Waals surface area contributed by atoms with Gasteiger partial charge in [0.25, 0.3) is 0 Å². The fourth-order valence-electron chi connectivity index (χ4n) is 2.26. The van der Waals surface area contributed by atoms with Crippen molar-refractivity contribution in [1.29, 1.82) is 0 Å². The molecule has 2 unspecified atom stereocenters. The Morgan fingerprint density at radius 3 is 2.13 bits per heavy atom. The third-order valence-corrected chi connectivity index (χ3v) is 3.18. The summed E-state index contributed by atoms with van der Waals surface area (Å²) < 4.78 is 0. The van der Waals surface area contributed by atoms with Crippen LogP contribution >= 0.6 is 0 Å². The zero-order chi connectivity index (χ0) is 11.3. The first-order valence-electron chi connectivity index (χ1n) is 5.81. The number of phenolic OH excluding ortho intramolecular Hbond substituents is 1. The molecule has 0 heterocycles. The highest BCUT2D eigenvalue weighted by Crippen LogP contribution is 2.32. The van der Waals surface area contributed by atoms with Crippen LogP contribution in [0.4, 0.5) is 0 Å². The van der Waals surface area contributed by atoms with Crippen molar-refractivity contribution < 1.29 is 5.11 Å². The van der Waals surface area contributed by atoms with E-state index in [0.29, 0.717) is 17.6 Å². The number of hydrogen-bond acceptors (Lipinski definition) is 1. The molecule has 0 amide bonds. The predicted molar refractivity (Wildman–Crippen MR) is 64.9 cm³/mol. The van der Waals surface area contributed by atoms with Crippen molar-refractivity contribution in [3.05, 3.63) is 36.2 Å². The quantitative estimate of drug-likeness (QED) is 0.766. The van der Waals surface area contributed by atoms with Gasteiger partial charge in [-0.05, 0) is 42.4 Å². The van der Waals surface area contributed by atoms with Gasteiger partial charge in [0.2, 0.25) is 0 Å². The molecule has 2 atom stereocenters. The lowest BCUT2D eigenvalue weighted by atomic mass is 9.81. The topological polar surface area (TPSA) is 20.2 Å². The summed E-state index contributed by atoms with van der Waals surface area (Å²) in [5.41, 5.74) is 1.33. The molecule has 1 radical (unpaired) electrons. The largest absolute Gasteiger partial charge is 0.508 e. The Labute approximate surface area is 93.1 Å². The van der Waals surface area contributed by atoms with Crippen LogP contribution < -0.4 is 0 Å². The fraction of sp³-hybridized carbons (Fsp3) is 0.500. The SMILES string of the molecule is C[CH]C(CC)C(CC)c1ccc(O)cc1. The van der Waals surface area contributed by atoms with E-state index in [0.717, 1.165) is 6.42 Å². The van der Waals surface area contributed by atoms with Crippen molar-refractivity contribution in [2.45, 2.75) is 39.5 Å². The van der Waals surface area contributed by atoms with E-state index in [9.17, 15) is 5.11 Å². The van der Waals surface area contributed by atoms with Gasteiger partial charge in [0.05, 0.1) is 0 Å². The Morgan fingerprint density at radius 2 is 1.73 bits per heavy atom. The van der Waals surface area contributed by atoms with Crippen LogP contribution in [0.5, 0.6) is 5.75 Å². The second kappa shape index (κ2) is 5.79. The molecule has 1 nitrogen and oxygen atoms in total. The van der Waals surface area contributed by atoms with Crippen molar-refractivity contribution in [2.24, 2.45) is 5.92 Å². The molecule has 1 heteroatoms. The van der Waals surface area contributed by atoms with Gasteiger partial charge in [-0.1, -0.05) is 39.3 Å². The monoisotopic (exact) mass is 205 g/mol. The van der Waals surface area contributed by atoms with Crippen LogP contribution in [0.3, 0.4) is 0 Å². The van der Waals surface area contributed by atoms with E-state index in [1.165, 1.54) is 12.0 Å². The smallest absolute Gasteiger partial charge is 0.115 e. The summed E-state index contributed by atoms with van der Waals surface area (Å²) in [5.74, 6) is 1.57. The Bertz CT molecular complexity index is 272. The maximum absolute atomic E-state index is 9.26. The molecule has 83 valence electrons. The maximum Gasteiger partial charge on any atom is 0.115 e. The third kappa shape index (κ3) is 2.98. The summed E-state index contributed by atoms with van der Waals surface area (Å²) in [6.07, 6.45) is 4.62. The van der Waals surface area contributed by atoms with Crippen molar-refractivity contribution in [1.82, 2.24) is 0 Å². The van der Waals surface area contributed by atoms with Gasteiger partial charge < -0.3 is 5.11 Å². The Morgan fingerprint density at radius 1 is 1.13 bits per heavy atom. The highest BCUT2D eigenvalue weighted by molar-refractivity contribution is 5.29. The Kier molecular flexibility index (Phi) is 4.67. The third-order valence-electron chi connectivity index (χ3n) is 3.18. The van der Waals surface area contributed by atoms with Gasteiger partial charge in [-0.2, -0.15) is 0 Å². The molecule has 0 fully saturated rings. The lowest BCUT2D eigenvalue weighted by Gasteiger charge is -2.24. The Balaban J connectivity index is 2.86. The van der Waals surface area contributed by atoms with Gasteiger partial charge in [-0.3, -0.25) is 0 Å². The predicted octanol–water partition coefficient (Wildman–Crippen LogP) is 4.14. The van der Waals surface area contributed by atoms with Gasteiger partial charge in [-0.25, -0.2) is 0 Å². The highest BCUT2D eigenvalue weighted by Gasteiger charge is 2.18. The molecule has 1 N–H and O–H groups in total. The zero-order valence-corrected chi connectivity index (χ0v) is 9.90. The van der Waals surface area contributed by atoms with E-state index < -0.39 is 0 Å². The molecule has 0 saturated heterocycles. The number of phenols is 1. The lowest BCUT2D eigenvalue weighted by Crippen LogP contribution is -2.11. The molecule has 0 spiro atoms. The molecule has 0 aliphatic rings. The van der Waals surface area contributed by atoms with Crippen molar-refractivity contribution >= 4 is 0 Å². The summed E-state index contributed by atoms with van der Waals surface area (Å²) in [5, 5.41) is 9.26. The van der Waals surface area contributed by atoms with E-state index in [1.807, 2.05) is 12.1 Å². The number of benzene rings is 1.